The van der Waals surface area contributed by atoms with Gasteiger partial charge in [-0.05, 0) is 18.4 Å². The van der Waals surface area contributed by atoms with E-state index in [0.717, 1.165) is 5.57 Å². The second-order valence-corrected chi connectivity index (χ2v) is 3.94. The third kappa shape index (κ3) is 1.62. The van der Waals surface area contributed by atoms with Crippen LogP contribution in [0.1, 0.15) is 27.7 Å². The molecule has 0 radical (unpaired) electrons. The van der Waals surface area contributed by atoms with Gasteiger partial charge in [-0.15, -0.1) is 0 Å². The molecule has 2 heteroatoms. The van der Waals surface area contributed by atoms with E-state index in [1.54, 1.807) is 0 Å². The molecule has 2 nitrogen and oxygen atoms in total. The minimum absolute atomic E-state index is 0.0447. The second kappa shape index (κ2) is 2.36. The van der Waals surface area contributed by atoms with E-state index in [1.165, 1.54) is 0 Å². The molecule has 0 saturated heterocycles. The first kappa shape index (κ1) is 8.31. The zero-order valence-electron chi connectivity index (χ0n) is 7.47. The maximum Gasteiger partial charge on any atom is 0.334 e. The van der Waals surface area contributed by atoms with Gasteiger partial charge in [0, 0.05) is 5.57 Å². The van der Waals surface area contributed by atoms with Crippen LogP contribution in [0.5, 0.6) is 0 Å². The zero-order valence-corrected chi connectivity index (χ0v) is 7.47. The van der Waals surface area contributed by atoms with Gasteiger partial charge >= 0.3 is 5.97 Å². The molecule has 1 heterocycles. The molecular weight excluding hydrogens is 140 g/mol. The van der Waals surface area contributed by atoms with Crippen molar-refractivity contribution in [1.29, 1.82) is 0 Å². The van der Waals surface area contributed by atoms with Crippen LogP contribution in [0.4, 0.5) is 0 Å². The summed E-state index contributed by atoms with van der Waals surface area (Å²) in [5, 5.41) is 0. The van der Waals surface area contributed by atoms with Gasteiger partial charge in [0.1, 0.15) is 6.10 Å². The van der Waals surface area contributed by atoms with E-state index in [9.17, 15) is 4.79 Å². The second-order valence-electron chi connectivity index (χ2n) is 3.94. The maximum atomic E-state index is 11.1. The van der Waals surface area contributed by atoms with Crippen LogP contribution in [-0.4, -0.2) is 12.1 Å². The topological polar surface area (TPSA) is 26.3 Å². The standard InChI is InChI=1S/C9H14O2/c1-6-5-7(8(10)11-6)9(2,3)4/h5-6H,1-4H3. The highest BCUT2D eigenvalue weighted by Crippen LogP contribution is 2.30. The molecule has 0 saturated carbocycles. The Morgan fingerprint density at radius 3 is 2.18 bits per heavy atom. The molecule has 0 spiro atoms. The highest BCUT2D eigenvalue weighted by Gasteiger charge is 2.31. The maximum absolute atomic E-state index is 11.1. The fourth-order valence-electron chi connectivity index (χ4n) is 1.13. The summed E-state index contributed by atoms with van der Waals surface area (Å²) in [6.07, 6.45) is 1.85. The van der Waals surface area contributed by atoms with Gasteiger partial charge in [0.2, 0.25) is 0 Å². The lowest BCUT2D eigenvalue weighted by Crippen LogP contribution is -2.15. The molecule has 0 fully saturated rings. The highest BCUT2D eigenvalue weighted by molar-refractivity contribution is 5.92. The van der Waals surface area contributed by atoms with Crippen LogP contribution in [0.2, 0.25) is 0 Å². The summed E-state index contributed by atoms with van der Waals surface area (Å²) in [6.45, 7) is 7.91. The largest absolute Gasteiger partial charge is 0.455 e. The van der Waals surface area contributed by atoms with Crippen molar-refractivity contribution in [2.24, 2.45) is 5.41 Å². The Labute approximate surface area is 67.2 Å². The number of ether oxygens (including phenoxy) is 1. The average Bonchev–Trinajstić information content (AvgIpc) is 2.08. The van der Waals surface area contributed by atoms with E-state index in [1.807, 2.05) is 33.8 Å². The third-order valence-electron chi connectivity index (χ3n) is 1.72. The molecule has 0 aromatic rings. The van der Waals surface area contributed by atoms with Crippen LogP contribution < -0.4 is 0 Å². The Morgan fingerprint density at radius 2 is 2.00 bits per heavy atom. The molecule has 0 bridgehead atoms. The van der Waals surface area contributed by atoms with E-state index < -0.39 is 0 Å². The number of hydrogen-bond acceptors (Lipinski definition) is 2. The molecule has 0 amide bonds. The molecule has 1 atom stereocenters. The normalized spacial score (nSPS) is 24.9. The van der Waals surface area contributed by atoms with Gasteiger partial charge < -0.3 is 4.74 Å². The first-order chi connectivity index (χ1) is 4.91. The summed E-state index contributed by atoms with van der Waals surface area (Å²) in [5.74, 6) is -0.162. The van der Waals surface area contributed by atoms with Crippen LogP contribution in [0, 0.1) is 5.41 Å². The van der Waals surface area contributed by atoms with Crippen molar-refractivity contribution in [1.82, 2.24) is 0 Å². The molecule has 11 heavy (non-hydrogen) atoms. The number of hydrogen-bond donors (Lipinski definition) is 0. The van der Waals surface area contributed by atoms with Crippen LogP contribution in [0.25, 0.3) is 0 Å². The molecule has 0 aliphatic carbocycles. The zero-order chi connectivity index (χ0) is 8.65. The lowest BCUT2D eigenvalue weighted by molar-refractivity contribution is -0.139. The number of esters is 1. The van der Waals surface area contributed by atoms with Gasteiger partial charge in [-0.3, -0.25) is 0 Å². The molecule has 1 rings (SSSR count). The predicted molar refractivity (Wildman–Crippen MR) is 43.1 cm³/mol. The third-order valence-corrected chi connectivity index (χ3v) is 1.72. The van der Waals surface area contributed by atoms with Crippen LogP contribution in [-0.2, 0) is 9.53 Å². The first-order valence-electron chi connectivity index (χ1n) is 3.84. The average molecular weight is 154 g/mol. The molecule has 1 aliphatic rings. The summed E-state index contributed by atoms with van der Waals surface area (Å²) in [7, 11) is 0. The van der Waals surface area contributed by atoms with Gasteiger partial charge in [0.05, 0.1) is 0 Å². The van der Waals surface area contributed by atoms with E-state index in [0.29, 0.717) is 0 Å². The van der Waals surface area contributed by atoms with Gasteiger partial charge in [-0.1, -0.05) is 20.8 Å². The Kier molecular flexibility index (Phi) is 1.78. The van der Waals surface area contributed by atoms with Crippen molar-refractivity contribution in [3.8, 4) is 0 Å². The lowest BCUT2D eigenvalue weighted by Gasteiger charge is -2.16. The molecule has 62 valence electrons. The van der Waals surface area contributed by atoms with Gasteiger partial charge in [0.25, 0.3) is 0 Å². The summed E-state index contributed by atoms with van der Waals surface area (Å²) >= 11 is 0. The van der Waals surface area contributed by atoms with Gasteiger partial charge in [0.15, 0.2) is 0 Å². The van der Waals surface area contributed by atoms with Gasteiger partial charge in [-0.25, -0.2) is 4.79 Å². The lowest BCUT2D eigenvalue weighted by atomic mass is 9.86. The Morgan fingerprint density at radius 1 is 1.45 bits per heavy atom. The van der Waals surface area contributed by atoms with E-state index in [2.05, 4.69) is 0 Å². The highest BCUT2D eigenvalue weighted by atomic mass is 16.5. The Balaban J connectivity index is 2.88. The van der Waals surface area contributed by atoms with Crippen molar-refractivity contribution in [2.75, 3.05) is 0 Å². The van der Waals surface area contributed by atoms with Crippen LogP contribution >= 0.6 is 0 Å². The summed E-state index contributed by atoms with van der Waals surface area (Å²) in [5.41, 5.74) is 0.715. The van der Waals surface area contributed by atoms with E-state index >= 15 is 0 Å². The van der Waals surface area contributed by atoms with Crippen molar-refractivity contribution >= 4 is 5.97 Å². The van der Waals surface area contributed by atoms with Crippen molar-refractivity contribution in [3.05, 3.63) is 11.6 Å². The van der Waals surface area contributed by atoms with Crippen molar-refractivity contribution < 1.29 is 9.53 Å². The molecule has 1 aliphatic heterocycles. The van der Waals surface area contributed by atoms with E-state index in [4.69, 9.17) is 4.74 Å². The Hall–Kier alpha value is -0.790. The Bertz CT molecular complexity index is 208. The summed E-state index contributed by atoms with van der Waals surface area (Å²) in [4.78, 5) is 11.1. The smallest absolute Gasteiger partial charge is 0.334 e. The van der Waals surface area contributed by atoms with Gasteiger partial charge in [-0.2, -0.15) is 0 Å². The SMILES string of the molecule is CC1C=C(C(C)(C)C)C(=O)O1. The first-order valence-corrected chi connectivity index (χ1v) is 3.84. The number of carbonyl (C=O) groups is 1. The number of rotatable bonds is 0. The van der Waals surface area contributed by atoms with Crippen LogP contribution in [0.3, 0.4) is 0 Å². The summed E-state index contributed by atoms with van der Waals surface area (Å²) in [6, 6.07) is 0. The number of carbonyl (C=O) groups excluding carboxylic acids is 1. The molecule has 0 N–H and O–H groups in total. The fraction of sp³-hybridized carbons (Fsp3) is 0.667. The van der Waals surface area contributed by atoms with Crippen LogP contribution in [0.15, 0.2) is 11.6 Å². The monoisotopic (exact) mass is 154 g/mol. The molecule has 0 aromatic carbocycles. The minimum Gasteiger partial charge on any atom is -0.455 e. The van der Waals surface area contributed by atoms with E-state index in [-0.39, 0.29) is 17.5 Å². The van der Waals surface area contributed by atoms with Crippen molar-refractivity contribution in [2.45, 2.75) is 33.8 Å². The molecular formula is C9H14O2. The molecule has 0 aromatic heterocycles. The fourth-order valence-corrected chi connectivity index (χ4v) is 1.13. The predicted octanol–water partition coefficient (Wildman–Crippen LogP) is 1.90. The summed E-state index contributed by atoms with van der Waals surface area (Å²) < 4.78 is 4.97. The molecule has 1 unspecified atom stereocenters. The quantitative estimate of drug-likeness (QED) is 0.498. The minimum atomic E-state index is -0.162. The van der Waals surface area contributed by atoms with Crippen molar-refractivity contribution in [3.63, 3.8) is 0 Å². The number of cyclic esters (lactones) is 1.